The molecule has 31 heavy (non-hydrogen) atoms. The Morgan fingerprint density at radius 3 is 2.39 bits per heavy atom. The quantitative estimate of drug-likeness (QED) is 0.627. The molecule has 0 radical (unpaired) electrons. The number of methoxy groups -OCH3 is 2. The van der Waals surface area contributed by atoms with Crippen molar-refractivity contribution in [1.82, 2.24) is 9.78 Å². The number of anilines is 1. The molecule has 1 amide bonds. The van der Waals surface area contributed by atoms with E-state index in [1.165, 1.54) is 31.0 Å². The van der Waals surface area contributed by atoms with Gasteiger partial charge in [0.1, 0.15) is 0 Å². The van der Waals surface area contributed by atoms with E-state index in [-0.39, 0.29) is 17.3 Å². The van der Waals surface area contributed by atoms with Gasteiger partial charge in [0, 0.05) is 23.9 Å². The normalized spacial score (nSPS) is 11.5. The van der Waals surface area contributed by atoms with Gasteiger partial charge in [0.2, 0.25) is 5.88 Å². The zero-order chi connectivity index (χ0) is 22.5. The predicted molar refractivity (Wildman–Crippen MR) is 118 cm³/mol. The Hall–Kier alpha value is -3.81. The van der Waals surface area contributed by atoms with E-state index in [4.69, 9.17) is 14.2 Å². The lowest BCUT2D eigenvalue weighted by molar-refractivity contribution is -0.122. The largest absolute Gasteiger partial charge is 0.493 e. The SMILES string of the molecule is COc1ccc(NC(=O)[C@H](C)Oc2ccc(=O)n(-c3ccc(C)c(C)c3)n2)cc1OC. The van der Waals surface area contributed by atoms with Crippen molar-refractivity contribution in [1.29, 1.82) is 0 Å². The fourth-order valence-corrected chi connectivity index (χ4v) is 2.89. The van der Waals surface area contributed by atoms with Crippen LogP contribution in [0.5, 0.6) is 17.4 Å². The highest BCUT2D eigenvalue weighted by molar-refractivity contribution is 5.94. The fourth-order valence-electron chi connectivity index (χ4n) is 2.89. The van der Waals surface area contributed by atoms with E-state index in [0.29, 0.717) is 22.9 Å². The predicted octanol–water partition coefficient (Wildman–Crippen LogP) is 3.27. The number of benzene rings is 2. The van der Waals surface area contributed by atoms with Gasteiger partial charge in [-0.25, -0.2) is 0 Å². The third-order valence-electron chi connectivity index (χ3n) is 4.83. The first-order valence-electron chi connectivity index (χ1n) is 9.70. The molecular weight excluding hydrogens is 398 g/mol. The molecule has 0 bridgehead atoms. The number of carbonyl (C=O) groups is 1. The van der Waals surface area contributed by atoms with Gasteiger partial charge in [-0.15, -0.1) is 5.10 Å². The first-order valence-corrected chi connectivity index (χ1v) is 9.70. The Labute approximate surface area is 180 Å². The Bertz CT molecular complexity index is 1160. The Kier molecular flexibility index (Phi) is 6.59. The highest BCUT2D eigenvalue weighted by Crippen LogP contribution is 2.29. The molecule has 0 fully saturated rings. The number of aromatic nitrogens is 2. The summed E-state index contributed by atoms with van der Waals surface area (Å²) >= 11 is 0. The molecule has 162 valence electrons. The molecule has 8 heteroatoms. The van der Waals surface area contributed by atoms with E-state index < -0.39 is 6.10 Å². The fraction of sp³-hybridized carbons (Fsp3) is 0.261. The lowest BCUT2D eigenvalue weighted by atomic mass is 10.1. The van der Waals surface area contributed by atoms with Gasteiger partial charge >= 0.3 is 0 Å². The van der Waals surface area contributed by atoms with Gasteiger partial charge in [-0.1, -0.05) is 6.07 Å². The Balaban J connectivity index is 1.75. The summed E-state index contributed by atoms with van der Waals surface area (Å²) in [6, 6.07) is 13.5. The third-order valence-corrected chi connectivity index (χ3v) is 4.83. The van der Waals surface area contributed by atoms with Crippen LogP contribution in [0.15, 0.2) is 53.3 Å². The van der Waals surface area contributed by atoms with Gasteiger partial charge < -0.3 is 19.5 Å². The summed E-state index contributed by atoms with van der Waals surface area (Å²) in [7, 11) is 3.06. The Morgan fingerprint density at radius 1 is 0.968 bits per heavy atom. The van der Waals surface area contributed by atoms with Crippen LogP contribution in [-0.4, -0.2) is 36.0 Å². The van der Waals surface area contributed by atoms with E-state index in [1.54, 1.807) is 25.1 Å². The number of rotatable bonds is 7. The van der Waals surface area contributed by atoms with Crippen molar-refractivity contribution >= 4 is 11.6 Å². The van der Waals surface area contributed by atoms with Crippen LogP contribution in [0, 0.1) is 13.8 Å². The van der Waals surface area contributed by atoms with Crippen molar-refractivity contribution in [3.63, 3.8) is 0 Å². The molecule has 3 aromatic rings. The first-order chi connectivity index (χ1) is 14.8. The van der Waals surface area contributed by atoms with E-state index in [0.717, 1.165) is 11.1 Å². The van der Waals surface area contributed by atoms with Crippen LogP contribution in [-0.2, 0) is 4.79 Å². The minimum Gasteiger partial charge on any atom is -0.493 e. The average molecular weight is 423 g/mol. The van der Waals surface area contributed by atoms with Crippen molar-refractivity contribution in [2.24, 2.45) is 0 Å². The van der Waals surface area contributed by atoms with Gasteiger partial charge in [0.15, 0.2) is 17.6 Å². The van der Waals surface area contributed by atoms with Crippen LogP contribution in [0.2, 0.25) is 0 Å². The van der Waals surface area contributed by atoms with Crippen molar-refractivity contribution in [2.45, 2.75) is 26.9 Å². The number of carbonyl (C=O) groups excluding carboxylic acids is 1. The van der Waals surface area contributed by atoms with E-state index >= 15 is 0 Å². The molecule has 0 saturated heterocycles. The molecule has 0 spiro atoms. The van der Waals surface area contributed by atoms with Crippen LogP contribution < -0.4 is 25.1 Å². The van der Waals surface area contributed by atoms with Crippen molar-refractivity contribution < 1.29 is 19.0 Å². The summed E-state index contributed by atoms with van der Waals surface area (Å²) in [5.74, 6) is 0.837. The summed E-state index contributed by atoms with van der Waals surface area (Å²) in [5, 5.41) is 7.02. The van der Waals surface area contributed by atoms with Crippen molar-refractivity contribution in [2.75, 3.05) is 19.5 Å². The van der Waals surface area contributed by atoms with Gasteiger partial charge in [0.25, 0.3) is 11.5 Å². The molecule has 0 aliphatic rings. The molecule has 0 aliphatic heterocycles. The summed E-state index contributed by atoms with van der Waals surface area (Å²) in [4.78, 5) is 24.9. The smallest absolute Gasteiger partial charge is 0.271 e. The lowest BCUT2D eigenvalue weighted by Gasteiger charge is -2.16. The average Bonchev–Trinajstić information content (AvgIpc) is 2.76. The summed E-state index contributed by atoms with van der Waals surface area (Å²) in [6.45, 7) is 5.56. The van der Waals surface area contributed by atoms with Crippen LogP contribution in [0.1, 0.15) is 18.1 Å². The molecular formula is C23H25N3O5. The first kappa shape index (κ1) is 21.9. The van der Waals surface area contributed by atoms with Crippen molar-refractivity contribution in [3.8, 4) is 23.1 Å². The second-order valence-electron chi connectivity index (χ2n) is 7.01. The lowest BCUT2D eigenvalue weighted by Crippen LogP contribution is -2.31. The van der Waals surface area contributed by atoms with Crippen LogP contribution in [0.25, 0.3) is 5.69 Å². The van der Waals surface area contributed by atoms with Gasteiger partial charge in [-0.05, 0) is 56.2 Å². The van der Waals surface area contributed by atoms with Gasteiger partial charge in [0.05, 0.1) is 19.9 Å². The number of hydrogen-bond donors (Lipinski definition) is 1. The number of hydrogen-bond acceptors (Lipinski definition) is 6. The second-order valence-corrected chi connectivity index (χ2v) is 7.01. The summed E-state index contributed by atoms with van der Waals surface area (Å²) in [6.07, 6.45) is -0.855. The van der Waals surface area contributed by atoms with E-state index in [9.17, 15) is 9.59 Å². The molecule has 0 saturated carbocycles. The molecule has 8 nitrogen and oxygen atoms in total. The molecule has 1 atom stereocenters. The Morgan fingerprint density at radius 2 is 1.71 bits per heavy atom. The maximum absolute atomic E-state index is 12.6. The van der Waals surface area contributed by atoms with Crippen LogP contribution in [0.3, 0.4) is 0 Å². The molecule has 0 aliphatic carbocycles. The van der Waals surface area contributed by atoms with Crippen molar-refractivity contribution in [3.05, 3.63) is 70.0 Å². The minimum absolute atomic E-state index is 0.160. The topological polar surface area (TPSA) is 91.7 Å². The number of nitrogens with one attached hydrogen (secondary N) is 1. The van der Waals surface area contributed by atoms with Crippen LogP contribution in [0.4, 0.5) is 5.69 Å². The maximum atomic E-state index is 12.6. The van der Waals surface area contributed by atoms with E-state index in [1.807, 2.05) is 32.0 Å². The number of amides is 1. The number of aryl methyl sites for hydroxylation is 2. The zero-order valence-corrected chi connectivity index (χ0v) is 18.1. The second kappa shape index (κ2) is 9.34. The summed E-state index contributed by atoms with van der Waals surface area (Å²) in [5.41, 5.74) is 3.02. The summed E-state index contributed by atoms with van der Waals surface area (Å²) < 4.78 is 17.4. The van der Waals surface area contributed by atoms with Gasteiger partial charge in [-0.3, -0.25) is 9.59 Å². The third kappa shape index (κ3) is 5.03. The molecule has 1 heterocycles. The standard InChI is InChI=1S/C23H25N3O5/c1-14-6-8-18(12-15(14)2)26-22(27)11-10-21(25-26)31-16(3)23(28)24-17-7-9-19(29-4)20(13-17)30-5/h6-13,16H,1-5H3,(H,24,28)/t16-/m0/s1. The molecule has 1 aromatic heterocycles. The number of ether oxygens (including phenoxy) is 3. The molecule has 0 unspecified atom stereocenters. The molecule has 1 N–H and O–H groups in total. The maximum Gasteiger partial charge on any atom is 0.271 e. The number of nitrogens with zero attached hydrogens (tertiary/aromatic N) is 2. The van der Waals surface area contributed by atoms with Gasteiger partial charge in [-0.2, -0.15) is 4.68 Å². The van der Waals surface area contributed by atoms with Crippen LogP contribution >= 0.6 is 0 Å². The molecule has 2 aromatic carbocycles. The highest BCUT2D eigenvalue weighted by Gasteiger charge is 2.17. The monoisotopic (exact) mass is 423 g/mol. The highest BCUT2D eigenvalue weighted by atomic mass is 16.5. The van der Waals surface area contributed by atoms with E-state index in [2.05, 4.69) is 10.4 Å². The molecule has 3 rings (SSSR count). The zero-order valence-electron chi connectivity index (χ0n) is 18.1. The minimum atomic E-state index is -0.855.